The Balaban J connectivity index is 2.76. The standard InChI is InChI=1S/C10H7IO2S/c1-5-2-8-6(4-9(11)14-8)3-7(5)10(12)13/h2-4H,1H3,(H,12,13). The minimum absolute atomic E-state index is 0.395. The van der Waals surface area contributed by atoms with Gasteiger partial charge < -0.3 is 5.11 Å². The molecule has 0 radical (unpaired) electrons. The van der Waals surface area contributed by atoms with E-state index in [1.54, 1.807) is 17.4 Å². The Kier molecular flexibility index (Phi) is 2.48. The number of hydrogen-bond acceptors (Lipinski definition) is 2. The Hall–Kier alpha value is -0.620. The molecule has 0 fully saturated rings. The lowest BCUT2D eigenvalue weighted by Gasteiger charge is -1.99. The molecule has 0 amide bonds. The number of thiophene rings is 1. The zero-order valence-corrected chi connectivity index (χ0v) is 10.3. The monoisotopic (exact) mass is 318 g/mol. The summed E-state index contributed by atoms with van der Waals surface area (Å²) in [5.41, 5.74) is 1.22. The van der Waals surface area contributed by atoms with Crippen LogP contribution in [0.5, 0.6) is 0 Å². The molecule has 14 heavy (non-hydrogen) atoms. The Morgan fingerprint density at radius 1 is 1.43 bits per heavy atom. The summed E-state index contributed by atoms with van der Waals surface area (Å²) in [6.45, 7) is 1.83. The molecule has 0 spiro atoms. The Bertz CT molecular complexity index is 516. The van der Waals surface area contributed by atoms with Crippen molar-refractivity contribution in [3.63, 3.8) is 0 Å². The predicted octanol–water partition coefficient (Wildman–Crippen LogP) is 3.51. The summed E-state index contributed by atoms with van der Waals surface area (Å²) in [5, 5.41) is 9.95. The van der Waals surface area contributed by atoms with Gasteiger partial charge in [-0.1, -0.05) is 0 Å². The lowest BCUT2D eigenvalue weighted by molar-refractivity contribution is 0.0696. The van der Waals surface area contributed by atoms with Gasteiger partial charge in [0.1, 0.15) is 0 Å². The molecule has 2 rings (SSSR count). The Morgan fingerprint density at radius 2 is 2.14 bits per heavy atom. The molecule has 0 aliphatic heterocycles. The van der Waals surface area contributed by atoms with Gasteiger partial charge in [0.15, 0.2) is 0 Å². The maximum absolute atomic E-state index is 10.9. The van der Waals surface area contributed by atoms with Crippen LogP contribution in [0.15, 0.2) is 18.2 Å². The third-order valence-corrected chi connectivity index (χ3v) is 3.92. The summed E-state index contributed by atoms with van der Waals surface area (Å²) < 4.78 is 2.33. The average molecular weight is 318 g/mol. The van der Waals surface area contributed by atoms with Crippen LogP contribution in [-0.2, 0) is 0 Å². The topological polar surface area (TPSA) is 37.3 Å². The predicted molar refractivity (Wildman–Crippen MR) is 66.2 cm³/mol. The van der Waals surface area contributed by atoms with Crippen LogP contribution in [0, 0.1) is 9.81 Å². The first-order valence-electron chi connectivity index (χ1n) is 4.01. The molecule has 1 heterocycles. The fraction of sp³-hybridized carbons (Fsp3) is 0.100. The molecule has 1 aromatic heterocycles. The quantitative estimate of drug-likeness (QED) is 0.817. The molecule has 0 saturated carbocycles. The van der Waals surface area contributed by atoms with Gasteiger partial charge in [0.25, 0.3) is 0 Å². The zero-order chi connectivity index (χ0) is 10.3. The van der Waals surface area contributed by atoms with Crippen LogP contribution in [0.2, 0.25) is 0 Å². The number of rotatable bonds is 1. The van der Waals surface area contributed by atoms with Crippen LogP contribution in [0.3, 0.4) is 0 Å². The molecule has 4 heteroatoms. The largest absolute Gasteiger partial charge is 0.478 e. The van der Waals surface area contributed by atoms with Crippen molar-refractivity contribution in [3.8, 4) is 0 Å². The second-order valence-electron chi connectivity index (χ2n) is 3.06. The molecule has 72 valence electrons. The molecule has 0 atom stereocenters. The van der Waals surface area contributed by atoms with Crippen LogP contribution in [0.25, 0.3) is 10.1 Å². The van der Waals surface area contributed by atoms with E-state index >= 15 is 0 Å². The highest BCUT2D eigenvalue weighted by atomic mass is 127. The maximum Gasteiger partial charge on any atom is 0.335 e. The number of benzene rings is 1. The van der Waals surface area contributed by atoms with Gasteiger partial charge in [-0.05, 0) is 58.7 Å². The number of aromatic carboxylic acids is 1. The molecule has 0 aliphatic rings. The van der Waals surface area contributed by atoms with Gasteiger partial charge in [-0.3, -0.25) is 0 Å². The van der Waals surface area contributed by atoms with Crippen LogP contribution in [0.1, 0.15) is 15.9 Å². The molecule has 1 N–H and O–H groups in total. The van der Waals surface area contributed by atoms with Crippen molar-refractivity contribution in [3.05, 3.63) is 32.2 Å². The number of hydrogen-bond donors (Lipinski definition) is 1. The molecular weight excluding hydrogens is 311 g/mol. The van der Waals surface area contributed by atoms with Crippen molar-refractivity contribution in [2.75, 3.05) is 0 Å². The summed E-state index contributed by atoms with van der Waals surface area (Å²) in [6, 6.07) is 5.68. The molecule has 0 saturated heterocycles. The third-order valence-electron chi connectivity index (χ3n) is 2.06. The van der Waals surface area contributed by atoms with Gasteiger partial charge >= 0.3 is 5.97 Å². The lowest BCUT2D eigenvalue weighted by Crippen LogP contribution is -1.98. The van der Waals surface area contributed by atoms with E-state index in [4.69, 9.17) is 5.11 Å². The first-order valence-corrected chi connectivity index (χ1v) is 5.90. The van der Waals surface area contributed by atoms with E-state index in [-0.39, 0.29) is 0 Å². The molecule has 1 aromatic carbocycles. The third kappa shape index (κ3) is 1.64. The SMILES string of the molecule is Cc1cc2sc(I)cc2cc1C(=O)O. The first kappa shape index (κ1) is 9.92. The summed E-state index contributed by atoms with van der Waals surface area (Å²) in [4.78, 5) is 10.9. The summed E-state index contributed by atoms with van der Waals surface area (Å²) in [7, 11) is 0. The van der Waals surface area contributed by atoms with Crippen LogP contribution >= 0.6 is 33.9 Å². The second-order valence-corrected chi connectivity index (χ2v) is 6.04. The number of carboxylic acid groups (broad SMARTS) is 1. The van der Waals surface area contributed by atoms with E-state index in [1.807, 2.05) is 19.1 Å². The van der Waals surface area contributed by atoms with Crippen molar-refractivity contribution in [2.45, 2.75) is 6.92 Å². The molecule has 2 nitrogen and oxygen atoms in total. The van der Waals surface area contributed by atoms with E-state index in [1.165, 1.54) is 2.88 Å². The highest BCUT2D eigenvalue weighted by Gasteiger charge is 2.09. The van der Waals surface area contributed by atoms with E-state index in [9.17, 15) is 4.79 Å². The minimum Gasteiger partial charge on any atom is -0.478 e. The highest BCUT2D eigenvalue weighted by molar-refractivity contribution is 14.1. The van der Waals surface area contributed by atoms with Gasteiger partial charge in [0.2, 0.25) is 0 Å². The minimum atomic E-state index is -0.856. The normalized spacial score (nSPS) is 10.7. The summed E-state index contributed by atoms with van der Waals surface area (Å²) in [6.07, 6.45) is 0. The number of fused-ring (bicyclic) bond motifs is 1. The first-order chi connectivity index (χ1) is 6.58. The van der Waals surface area contributed by atoms with E-state index in [0.29, 0.717) is 5.56 Å². The van der Waals surface area contributed by atoms with Gasteiger partial charge in [-0.25, -0.2) is 4.79 Å². The zero-order valence-electron chi connectivity index (χ0n) is 7.37. The van der Waals surface area contributed by atoms with Gasteiger partial charge in [-0.15, -0.1) is 11.3 Å². The van der Waals surface area contributed by atoms with Gasteiger partial charge in [0, 0.05) is 4.70 Å². The van der Waals surface area contributed by atoms with E-state index < -0.39 is 5.97 Å². The smallest absolute Gasteiger partial charge is 0.335 e. The molecular formula is C10H7IO2S. The Labute approximate surface area is 98.7 Å². The van der Waals surface area contributed by atoms with Gasteiger partial charge in [-0.2, -0.15) is 0 Å². The fourth-order valence-corrected chi connectivity index (χ4v) is 3.30. The average Bonchev–Trinajstić information content (AvgIpc) is 2.42. The van der Waals surface area contributed by atoms with Crippen LogP contribution in [-0.4, -0.2) is 11.1 Å². The van der Waals surface area contributed by atoms with Crippen molar-refractivity contribution >= 4 is 50.0 Å². The van der Waals surface area contributed by atoms with Crippen LogP contribution in [0.4, 0.5) is 0 Å². The highest BCUT2D eigenvalue weighted by Crippen LogP contribution is 2.29. The van der Waals surface area contributed by atoms with E-state index in [0.717, 1.165) is 15.6 Å². The number of aryl methyl sites for hydroxylation is 1. The second kappa shape index (κ2) is 3.51. The van der Waals surface area contributed by atoms with Gasteiger partial charge in [0.05, 0.1) is 8.45 Å². The van der Waals surface area contributed by atoms with Crippen LogP contribution < -0.4 is 0 Å². The molecule has 2 aromatic rings. The molecule has 0 aliphatic carbocycles. The maximum atomic E-state index is 10.9. The Morgan fingerprint density at radius 3 is 2.79 bits per heavy atom. The lowest BCUT2D eigenvalue weighted by atomic mass is 10.1. The van der Waals surface area contributed by atoms with Crippen molar-refractivity contribution in [2.24, 2.45) is 0 Å². The number of halogens is 1. The summed E-state index contributed by atoms with van der Waals surface area (Å²) in [5.74, 6) is -0.856. The van der Waals surface area contributed by atoms with Crippen molar-refractivity contribution in [1.82, 2.24) is 0 Å². The van der Waals surface area contributed by atoms with Crippen molar-refractivity contribution in [1.29, 1.82) is 0 Å². The van der Waals surface area contributed by atoms with Crippen molar-refractivity contribution < 1.29 is 9.90 Å². The number of carboxylic acids is 1. The molecule has 0 bridgehead atoms. The fourth-order valence-electron chi connectivity index (χ4n) is 1.39. The van der Waals surface area contributed by atoms with E-state index in [2.05, 4.69) is 22.6 Å². The number of carbonyl (C=O) groups is 1. The summed E-state index contributed by atoms with van der Waals surface area (Å²) >= 11 is 3.93. The molecule has 0 unspecified atom stereocenters.